The first-order valence-corrected chi connectivity index (χ1v) is 21.2. The molecule has 11 rings (SSSR count). The molecule has 0 amide bonds. The number of para-hydroxylation sites is 5. The van der Waals surface area contributed by atoms with Gasteiger partial charge in [-0.3, -0.25) is 0 Å². The van der Waals surface area contributed by atoms with Crippen LogP contribution in [0, 0.1) is 18.8 Å². The topological polar surface area (TPSA) is 46.7 Å². The van der Waals surface area contributed by atoms with Gasteiger partial charge < -0.3 is 23.5 Å². The fourth-order valence-electron chi connectivity index (χ4n) is 8.81. The van der Waals surface area contributed by atoms with E-state index in [2.05, 4.69) is 196 Å². The molecule has 0 bridgehead atoms. The zero-order valence-corrected chi connectivity index (χ0v) is 38.3. The third-order valence-electron chi connectivity index (χ3n) is 12.1. The molecule has 3 aromatic heterocycles. The predicted octanol–water partition coefficient (Wildman–Crippen LogP) is 15.1. The first-order chi connectivity index (χ1) is 30.0. The van der Waals surface area contributed by atoms with Gasteiger partial charge in [-0.15, -0.1) is 48.1 Å². The molecule has 0 saturated heterocycles. The number of aromatic nitrogens is 2. The first-order valence-electron chi connectivity index (χ1n) is 21.2. The molecule has 7 aromatic carbocycles. The Balaban J connectivity index is 0.00000471. The van der Waals surface area contributed by atoms with Crippen LogP contribution >= 0.6 is 0 Å². The Morgan fingerprint density at radius 3 is 2.05 bits per heavy atom. The van der Waals surface area contributed by atoms with Gasteiger partial charge in [0.25, 0.3) is 0 Å². The minimum Gasteiger partial charge on any atom is -0.509 e. The molecule has 0 fully saturated rings. The molecule has 0 spiro atoms. The van der Waals surface area contributed by atoms with Crippen LogP contribution in [0.1, 0.15) is 52.7 Å². The van der Waals surface area contributed by atoms with E-state index in [0.29, 0.717) is 11.5 Å². The van der Waals surface area contributed by atoms with Crippen molar-refractivity contribution in [2.75, 3.05) is 9.80 Å². The van der Waals surface area contributed by atoms with Crippen LogP contribution in [0.3, 0.4) is 0 Å². The minimum absolute atomic E-state index is 0. The summed E-state index contributed by atoms with van der Waals surface area (Å²) in [6.07, 6.45) is 1.90. The van der Waals surface area contributed by atoms with Gasteiger partial charge >= 0.3 is 0 Å². The standard InChI is InChI=1S/C56H45N4O2.Pt/c1-55(2,3)36-25-27-43(45-19-14-20-46-44-18-8-12-24-52(44)62-54(45)46)50(31-36)59-35-58(48-22-10-11-23-49(48)59)38-15-13-16-39(33-38)61-40-26-28-42-41-17-7-9-21-47(41)60(51(42)34-40)53-32-37(29-30-57-53)56(4,5)6;/h7-32,35H,1-6H3;/q-3;. The average molecular weight is 1000 g/mol. The van der Waals surface area contributed by atoms with Crippen molar-refractivity contribution in [3.63, 3.8) is 0 Å². The Morgan fingerprint density at radius 1 is 0.556 bits per heavy atom. The van der Waals surface area contributed by atoms with Crippen LogP contribution in [-0.4, -0.2) is 9.55 Å². The maximum atomic E-state index is 6.64. The molecule has 1 aliphatic rings. The Hall–Kier alpha value is -6.62. The van der Waals surface area contributed by atoms with Crippen molar-refractivity contribution in [3.8, 4) is 28.4 Å². The van der Waals surface area contributed by atoms with Gasteiger partial charge in [-0.1, -0.05) is 126 Å². The summed E-state index contributed by atoms with van der Waals surface area (Å²) in [5.41, 5.74) is 12.2. The van der Waals surface area contributed by atoms with E-state index in [0.717, 1.165) is 83.4 Å². The van der Waals surface area contributed by atoms with Gasteiger partial charge in [-0.2, -0.15) is 12.1 Å². The number of furan rings is 1. The molecule has 0 saturated carbocycles. The third kappa shape index (κ3) is 6.98. The summed E-state index contributed by atoms with van der Waals surface area (Å²) in [4.78, 5) is 9.34. The normalized spacial score (nSPS) is 13.0. The van der Waals surface area contributed by atoms with Crippen molar-refractivity contribution in [2.24, 2.45) is 0 Å². The summed E-state index contributed by atoms with van der Waals surface area (Å²) >= 11 is 0. The van der Waals surface area contributed by atoms with Crippen molar-refractivity contribution in [1.82, 2.24) is 9.55 Å². The predicted molar refractivity (Wildman–Crippen MR) is 254 cm³/mol. The SMILES string of the molecule is CC(C)(C)c1ccnc(-n2c3[c-]c(Oc4[c-]c(N5[CH-]N(c6cc(C(C)(C)C)ccc6-c6cccc7c6oc6ccccc67)c6ccccc65)ccc4)ccc3c3ccccc32)c1.[Pt]. The van der Waals surface area contributed by atoms with E-state index in [9.17, 15) is 0 Å². The number of hydrogen-bond acceptors (Lipinski definition) is 5. The van der Waals surface area contributed by atoms with Gasteiger partial charge in [0.05, 0.1) is 0 Å². The zero-order valence-electron chi connectivity index (χ0n) is 36.0. The molecule has 1 aliphatic heterocycles. The molecule has 4 heterocycles. The summed E-state index contributed by atoms with van der Waals surface area (Å²) in [6, 6.07) is 60.2. The molecular weight excluding hydrogens is 956 g/mol. The Kier molecular flexibility index (Phi) is 9.84. The van der Waals surface area contributed by atoms with Crippen molar-refractivity contribution in [1.29, 1.82) is 0 Å². The van der Waals surface area contributed by atoms with E-state index in [1.807, 2.05) is 36.5 Å². The molecule has 63 heavy (non-hydrogen) atoms. The van der Waals surface area contributed by atoms with Crippen LogP contribution in [0.15, 0.2) is 162 Å². The maximum absolute atomic E-state index is 6.64. The molecule has 0 unspecified atom stereocenters. The van der Waals surface area contributed by atoms with E-state index in [-0.39, 0.29) is 31.9 Å². The van der Waals surface area contributed by atoms with Gasteiger partial charge in [-0.25, -0.2) is 4.98 Å². The van der Waals surface area contributed by atoms with E-state index in [4.69, 9.17) is 14.1 Å². The van der Waals surface area contributed by atoms with Crippen LogP contribution in [0.5, 0.6) is 11.5 Å². The number of pyridine rings is 1. The second-order valence-corrected chi connectivity index (χ2v) is 18.2. The Morgan fingerprint density at radius 2 is 1.24 bits per heavy atom. The number of rotatable bonds is 6. The largest absolute Gasteiger partial charge is 0.509 e. The van der Waals surface area contributed by atoms with Gasteiger partial charge in [0.1, 0.15) is 17.0 Å². The fourth-order valence-corrected chi connectivity index (χ4v) is 8.81. The van der Waals surface area contributed by atoms with Gasteiger partial charge in [-0.05, 0) is 69.8 Å². The molecule has 0 atom stereocenters. The maximum Gasteiger partial charge on any atom is 0.143 e. The second-order valence-electron chi connectivity index (χ2n) is 18.2. The number of anilines is 4. The minimum atomic E-state index is -0.0710. The van der Waals surface area contributed by atoms with Crippen molar-refractivity contribution >= 4 is 66.5 Å². The molecule has 0 radical (unpaired) electrons. The van der Waals surface area contributed by atoms with Crippen molar-refractivity contribution < 1.29 is 30.2 Å². The van der Waals surface area contributed by atoms with E-state index < -0.39 is 0 Å². The van der Waals surface area contributed by atoms with E-state index in [1.54, 1.807) is 0 Å². The number of fused-ring (bicyclic) bond motifs is 7. The third-order valence-corrected chi connectivity index (χ3v) is 12.1. The Bertz CT molecular complexity index is 3370. The summed E-state index contributed by atoms with van der Waals surface area (Å²) in [5, 5.41) is 4.44. The summed E-state index contributed by atoms with van der Waals surface area (Å²) in [6.45, 7) is 15.6. The smallest absolute Gasteiger partial charge is 0.143 e. The number of hydrogen-bond donors (Lipinski definition) is 0. The fraction of sp³-hybridized carbons (Fsp3) is 0.143. The second kappa shape index (κ2) is 15.3. The average Bonchev–Trinajstić information content (AvgIpc) is 3.96. The quantitative estimate of drug-likeness (QED) is 0.155. The van der Waals surface area contributed by atoms with E-state index >= 15 is 0 Å². The number of nitrogens with zero attached hydrogens (tertiary/aromatic N) is 4. The van der Waals surface area contributed by atoms with Crippen LogP contribution in [0.2, 0.25) is 0 Å². The molecule has 314 valence electrons. The van der Waals surface area contributed by atoms with Gasteiger partial charge in [0.2, 0.25) is 0 Å². The summed E-state index contributed by atoms with van der Waals surface area (Å²) in [7, 11) is 0. The van der Waals surface area contributed by atoms with Crippen LogP contribution in [0.4, 0.5) is 22.7 Å². The summed E-state index contributed by atoms with van der Waals surface area (Å²) in [5.74, 6) is 2.03. The van der Waals surface area contributed by atoms with Gasteiger partial charge in [0, 0.05) is 83.2 Å². The van der Waals surface area contributed by atoms with Crippen LogP contribution < -0.4 is 14.5 Å². The zero-order chi connectivity index (χ0) is 42.3. The molecule has 7 heteroatoms. The van der Waals surface area contributed by atoms with Crippen LogP contribution in [-0.2, 0) is 31.9 Å². The Labute approximate surface area is 382 Å². The first kappa shape index (κ1) is 40.5. The molecule has 6 nitrogen and oxygen atoms in total. The number of ether oxygens (including phenoxy) is 1. The van der Waals surface area contributed by atoms with Gasteiger partial charge in [0.15, 0.2) is 0 Å². The molecular formula is C56H45N4O2Pt-3. The van der Waals surface area contributed by atoms with E-state index in [1.165, 1.54) is 11.1 Å². The molecule has 0 aliphatic carbocycles. The summed E-state index contributed by atoms with van der Waals surface area (Å²) < 4.78 is 15.4. The molecule has 0 N–H and O–H groups in total. The van der Waals surface area contributed by atoms with Crippen molar-refractivity contribution in [2.45, 2.75) is 52.4 Å². The molecule has 10 aromatic rings. The van der Waals surface area contributed by atoms with Crippen LogP contribution in [0.25, 0.3) is 60.7 Å². The van der Waals surface area contributed by atoms with Crippen molar-refractivity contribution in [3.05, 3.63) is 188 Å². The monoisotopic (exact) mass is 1000 g/mol. The number of benzene rings is 7.